The Morgan fingerprint density at radius 3 is 2.21 bits per heavy atom. The Bertz CT molecular complexity index is 704. The van der Waals surface area contributed by atoms with Crippen LogP contribution in [0.1, 0.15) is 28.8 Å². The maximum Gasteiger partial charge on any atom is 0.254 e. The van der Waals surface area contributed by atoms with Crippen molar-refractivity contribution in [3.05, 3.63) is 58.1 Å². The minimum Gasteiger partial charge on any atom is -0.495 e. The van der Waals surface area contributed by atoms with E-state index in [4.69, 9.17) is 9.47 Å². The van der Waals surface area contributed by atoms with Crippen LogP contribution >= 0.6 is 15.9 Å². The molecule has 0 aromatic heterocycles. The number of halogens is 1. The monoisotopic (exact) mass is 389 g/mol. The first kappa shape index (κ1) is 16.8. The number of carbonyl (C=O) groups is 1. The lowest BCUT2D eigenvalue weighted by atomic mass is 10.1. The van der Waals surface area contributed by atoms with Crippen LogP contribution in [0.5, 0.6) is 11.5 Å². The van der Waals surface area contributed by atoms with Crippen molar-refractivity contribution in [3.63, 3.8) is 0 Å². The first-order valence-electron chi connectivity index (χ1n) is 7.90. The minimum absolute atomic E-state index is 0.00505. The van der Waals surface area contributed by atoms with Gasteiger partial charge in [0.2, 0.25) is 0 Å². The van der Waals surface area contributed by atoms with Crippen molar-refractivity contribution in [2.24, 2.45) is 0 Å². The van der Waals surface area contributed by atoms with E-state index in [1.54, 1.807) is 26.4 Å². The molecular formula is C19H20BrNO3. The van der Waals surface area contributed by atoms with Crippen molar-refractivity contribution in [2.45, 2.75) is 25.4 Å². The number of hydrogen-bond donors (Lipinski definition) is 0. The number of methoxy groups -OCH3 is 2. The van der Waals surface area contributed by atoms with Crippen molar-refractivity contribution >= 4 is 21.8 Å². The summed E-state index contributed by atoms with van der Waals surface area (Å²) in [4.78, 5) is 15.0. The predicted octanol–water partition coefficient (Wildman–Crippen LogP) is 4.27. The van der Waals surface area contributed by atoms with Crippen LogP contribution in [-0.2, 0) is 6.54 Å². The van der Waals surface area contributed by atoms with E-state index < -0.39 is 0 Å². The van der Waals surface area contributed by atoms with E-state index in [2.05, 4.69) is 15.9 Å². The molecule has 0 bridgehead atoms. The molecule has 0 spiro atoms. The van der Waals surface area contributed by atoms with Gasteiger partial charge in [-0.2, -0.15) is 0 Å². The zero-order valence-corrected chi connectivity index (χ0v) is 15.4. The van der Waals surface area contributed by atoms with Crippen LogP contribution < -0.4 is 9.47 Å². The zero-order valence-electron chi connectivity index (χ0n) is 13.8. The Balaban J connectivity index is 1.90. The molecule has 126 valence electrons. The second-order valence-electron chi connectivity index (χ2n) is 5.84. The summed E-state index contributed by atoms with van der Waals surface area (Å²) in [5, 5.41) is 0. The van der Waals surface area contributed by atoms with Crippen LogP contribution in [-0.4, -0.2) is 31.1 Å². The van der Waals surface area contributed by atoms with Gasteiger partial charge in [-0.3, -0.25) is 4.79 Å². The lowest BCUT2D eigenvalue weighted by molar-refractivity contribution is 0.0729. The molecule has 0 unspecified atom stereocenters. The molecule has 1 fully saturated rings. The Labute approximate surface area is 150 Å². The fraction of sp³-hybridized carbons (Fsp3) is 0.316. The Morgan fingerprint density at radius 2 is 1.71 bits per heavy atom. The molecule has 2 aromatic carbocycles. The lowest BCUT2D eigenvalue weighted by Gasteiger charge is -2.23. The molecule has 1 aliphatic rings. The molecule has 0 N–H and O–H groups in total. The van der Waals surface area contributed by atoms with Gasteiger partial charge in [-0.25, -0.2) is 0 Å². The van der Waals surface area contributed by atoms with Gasteiger partial charge in [0.1, 0.15) is 16.0 Å². The molecule has 24 heavy (non-hydrogen) atoms. The van der Waals surface area contributed by atoms with Crippen LogP contribution in [0.4, 0.5) is 0 Å². The van der Waals surface area contributed by atoms with Crippen molar-refractivity contribution in [2.75, 3.05) is 14.2 Å². The largest absolute Gasteiger partial charge is 0.495 e. The van der Waals surface area contributed by atoms with Crippen LogP contribution in [0, 0.1) is 0 Å². The topological polar surface area (TPSA) is 38.8 Å². The highest BCUT2D eigenvalue weighted by atomic mass is 79.9. The Morgan fingerprint density at radius 1 is 1.12 bits per heavy atom. The first-order valence-corrected chi connectivity index (χ1v) is 8.69. The van der Waals surface area contributed by atoms with Crippen LogP contribution in [0.15, 0.2) is 46.9 Å². The van der Waals surface area contributed by atoms with Gasteiger partial charge < -0.3 is 14.4 Å². The summed E-state index contributed by atoms with van der Waals surface area (Å²) in [6.07, 6.45) is 2.12. The standard InChI is InChI=1S/C19H20BrNO3/c1-23-16-10-14(11-17(24-2)18(16)20)19(22)21(15-8-9-15)12-13-6-4-3-5-7-13/h3-7,10-11,15H,8-9,12H2,1-2H3. The van der Waals surface area contributed by atoms with Crippen molar-refractivity contribution in [1.82, 2.24) is 4.90 Å². The minimum atomic E-state index is 0.00505. The van der Waals surface area contributed by atoms with E-state index in [1.165, 1.54) is 0 Å². The number of amides is 1. The highest BCUT2D eigenvalue weighted by molar-refractivity contribution is 9.10. The van der Waals surface area contributed by atoms with E-state index >= 15 is 0 Å². The summed E-state index contributed by atoms with van der Waals surface area (Å²) in [7, 11) is 3.16. The van der Waals surface area contributed by atoms with Gasteiger partial charge in [0.25, 0.3) is 5.91 Å². The average Bonchev–Trinajstić information content (AvgIpc) is 3.45. The van der Waals surface area contributed by atoms with Gasteiger partial charge in [-0.15, -0.1) is 0 Å². The second-order valence-corrected chi connectivity index (χ2v) is 6.64. The highest BCUT2D eigenvalue weighted by Crippen LogP contribution is 2.37. The maximum atomic E-state index is 13.1. The highest BCUT2D eigenvalue weighted by Gasteiger charge is 2.33. The van der Waals surface area contributed by atoms with Gasteiger partial charge in [-0.1, -0.05) is 30.3 Å². The molecule has 1 amide bonds. The number of benzene rings is 2. The second kappa shape index (κ2) is 7.26. The molecule has 0 atom stereocenters. The van der Waals surface area contributed by atoms with Gasteiger partial charge in [-0.05, 0) is 46.5 Å². The van der Waals surface area contributed by atoms with E-state index in [9.17, 15) is 4.79 Å². The van der Waals surface area contributed by atoms with Crippen LogP contribution in [0.3, 0.4) is 0 Å². The average molecular weight is 390 g/mol. The quantitative estimate of drug-likeness (QED) is 0.740. The molecule has 0 heterocycles. The molecule has 1 saturated carbocycles. The fourth-order valence-electron chi connectivity index (χ4n) is 2.69. The van der Waals surface area contributed by atoms with Gasteiger partial charge in [0, 0.05) is 18.2 Å². The Kier molecular flexibility index (Phi) is 5.09. The molecule has 0 radical (unpaired) electrons. The van der Waals surface area contributed by atoms with E-state index in [0.29, 0.717) is 34.1 Å². The summed E-state index contributed by atoms with van der Waals surface area (Å²) in [6.45, 7) is 0.616. The van der Waals surface area contributed by atoms with E-state index in [0.717, 1.165) is 18.4 Å². The van der Waals surface area contributed by atoms with Gasteiger partial charge >= 0.3 is 0 Å². The fourth-order valence-corrected chi connectivity index (χ4v) is 3.24. The third-order valence-electron chi connectivity index (χ3n) is 4.14. The summed E-state index contributed by atoms with van der Waals surface area (Å²) in [5.41, 5.74) is 1.71. The molecule has 0 saturated heterocycles. The molecule has 5 heteroatoms. The number of ether oxygens (including phenoxy) is 2. The van der Waals surface area contributed by atoms with E-state index in [-0.39, 0.29) is 5.91 Å². The third-order valence-corrected chi connectivity index (χ3v) is 4.92. The predicted molar refractivity (Wildman–Crippen MR) is 96.6 cm³/mol. The van der Waals surface area contributed by atoms with Crippen molar-refractivity contribution in [1.29, 1.82) is 0 Å². The van der Waals surface area contributed by atoms with Gasteiger partial charge in [0.15, 0.2) is 0 Å². The first-order chi connectivity index (χ1) is 11.6. The number of rotatable bonds is 6. The maximum absolute atomic E-state index is 13.1. The molecule has 4 nitrogen and oxygen atoms in total. The number of carbonyl (C=O) groups excluding carboxylic acids is 1. The molecule has 3 rings (SSSR count). The van der Waals surface area contributed by atoms with Crippen LogP contribution in [0.2, 0.25) is 0 Å². The lowest BCUT2D eigenvalue weighted by Crippen LogP contribution is -2.32. The third kappa shape index (κ3) is 3.56. The molecule has 1 aliphatic carbocycles. The molecule has 2 aromatic rings. The van der Waals surface area contributed by atoms with Crippen LogP contribution in [0.25, 0.3) is 0 Å². The summed E-state index contributed by atoms with van der Waals surface area (Å²) < 4.78 is 11.4. The SMILES string of the molecule is COc1cc(C(=O)N(Cc2ccccc2)C2CC2)cc(OC)c1Br. The summed E-state index contributed by atoms with van der Waals surface area (Å²) in [6, 6.07) is 13.9. The smallest absolute Gasteiger partial charge is 0.254 e. The summed E-state index contributed by atoms with van der Waals surface area (Å²) >= 11 is 3.44. The normalized spacial score (nSPS) is 13.5. The molecule has 0 aliphatic heterocycles. The number of nitrogens with zero attached hydrogens (tertiary/aromatic N) is 1. The van der Waals surface area contributed by atoms with Crippen molar-refractivity contribution in [3.8, 4) is 11.5 Å². The summed E-state index contributed by atoms with van der Waals surface area (Å²) in [5.74, 6) is 1.19. The number of hydrogen-bond acceptors (Lipinski definition) is 3. The Hall–Kier alpha value is -2.01. The van der Waals surface area contributed by atoms with E-state index in [1.807, 2.05) is 35.2 Å². The molecular weight excluding hydrogens is 370 g/mol. The van der Waals surface area contributed by atoms with Gasteiger partial charge in [0.05, 0.1) is 14.2 Å². The zero-order chi connectivity index (χ0) is 17.1. The van der Waals surface area contributed by atoms with Crippen molar-refractivity contribution < 1.29 is 14.3 Å².